The number of carbonyl (C=O) groups excluding carboxylic acids is 2. The van der Waals surface area contributed by atoms with Gasteiger partial charge >= 0.3 is 5.97 Å². The topological polar surface area (TPSA) is 113 Å². The number of phenols is 1. The summed E-state index contributed by atoms with van der Waals surface area (Å²) in [5.41, 5.74) is -1.51. The molecule has 1 aromatic rings. The number of aliphatic hydroxyl groups is 2. The lowest BCUT2D eigenvalue weighted by atomic mass is 9.80. The fraction of sp³-hybridized carbons (Fsp3) is 0.467. The lowest BCUT2D eigenvalue weighted by Gasteiger charge is -2.41. The van der Waals surface area contributed by atoms with E-state index in [1.807, 2.05) is 0 Å². The number of ether oxygens (including phenoxy) is 2. The molecule has 22 heavy (non-hydrogen) atoms. The maximum atomic E-state index is 12.3. The fourth-order valence-corrected chi connectivity index (χ4v) is 3.01. The Hall–Kier alpha value is -2.12. The molecule has 3 rings (SSSR count). The number of esters is 1. The summed E-state index contributed by atoms with van der Waals surface area (Å²) in [5.74, 6) is -1.51. The van der Waals surface area contributed by atoms with Crippen LogP contribution < -0.4 is 4.74 Å². The second-order valence-electron chi connectivity index (χ2n) is 5.67. The Balaban J connectivity index is 1.94. The first-order valence-corrected chi connectivity index (χ1v) is 6.95. The van der Waals surface area contributed by atoms with Crippen LogP contribution in [-0.4, -0.2) is 52.0 Å². The van der Waals surface area contributed by atoms with Crippen LogP contribution in [0.4, 0.5) is 0 Å². The number of ketones is 1. The highest BCUT2D eigenvalue weighted by Crippen LogP contribution is 2.41. The first-order chi connectivity index (χ1) is 10.5. The second-order valence-corrected chi connectivity index (χ2v) is 5.67. The quantitative estimate of drug-likeness (QED) is 0.674. The van der Waals surface area contributed by atoms with Crippen molar-refractivity contribution < 1.29 is 34.4 Å². The summed E-state index contributed by atoms with van der Waals surface area (Å²) >= 11 is 0. The number of carbonyl (C=O) groups is 2. The number of rotatable bonds is 3. The van der Waals surface area contributed by atoms with Crippen LogP contribution >= 0.6 is 0 Å². The first kappa shape index (κ1) is 14.8. The smallest absolute Gasteiger partial charge is 0.306 e. The maximum Gasteiger partial charge on any atom is 0.306 e. The third kappa shape index (κ3) is 2.22. The van der Waals surface area contributed by atoms with Crippen LogP contribution in [0.3, 0.4) is 0 Å². The number of aliphatic hydroxyl groups excluding tert-OH is 2. The minimum atomic E-state index is -1.55. The van der Waals surface area contributed by atoms with Crippen molar-refractivity contribution >= 4 is 11.8 Å². The van der Waals surface area contributed by atoms with E-state index in [1.165, 1.54) is 18.2 Å². The van der Waals surface area contributed by atoms with Crippen molar-refractivity contribution in [3.8, 4) is 11.5 Å². The number of fused-ring (bicyclic) bond motifs is 1. The number of Topliss-reactive ketones (excluding diaryl/α,β-unsaturated/α-hetero) is 1. The number of benzene rings is 1. The highest BCUT2D eigenvalue weighted by atomic mass is 16.5. The Morgan fingerprint density at radius 2 is 2.14 bits per heavy atom. The number of hydrogen-bond donors (Lipinski definition) is 3. The molecule has 0 amide bonds. The van der Waals surface area contributed by atoms with E-state index in [-0.39, 0.29) is 36.5 Å². The van der Waals surface area contributed by atoms with Gasteiger partial charge in [0.25, 0.3) is 0 Å². The average molecular weight is 308 g/mol. The SMILES string of the molecule is O=C1CC(C(O)C2(CO)CC(=O)c3c(O)cccc3O2)CO1. The molecule has 1 aromatic carbocycles. The standard InChI is InChI=1S/C15H16O7/c16-7-15(14(20)8-4-12(19)21-6-8)5-10(18)13-9(17)2-1-3-11(13)22-15/h1-3,8,14,16-17,20H,4-7H2. The summed E-state index contributed by atoms with van der Waals surface area (Å²) in [5, 5.41) is 30.0. The third-order valence-corrected chi connectivity index (χ3v) is 4.20. The average Bonchev–Trinajstić information content (AvgIpc) is 2.92. The van der Waals surface area contributed by atoms with E-state index in [1.54, 1.807) is 0 Å². The van der Waals surface area contributed by atoms with Crippen LogP contribution in [0.15, 0.2) is 18.2 Å². The van der Waals surface area contributed by atoms with Crippen molar-refractivity contribution in [2.45, 2.75) is 24.5 Å². The van der Waals surface area contributed by atoms with Gasteiger partial charge in [-0.25, -0.2) is 0 Å². The van der Waals surface area contributed by atoms with E-state index in [9.17, 15) is 24.9 Å². The summed E-state index contributed by atoms with van der Waals surface area (Å²) in [6, 6.07) is 4.36. The van der Waals surface area contributed by atoms with Crippen LogP contribution in [0.1, 0.15) is 23.2 Å². The zero-order chi connectivity index (χ0) is 15.9. The van der Waals surface area contributed by atoms with Gasteiger partial charge in [-0.2, -0.15) is 0 Å². The first-order valence-electron chi connectivity index (χ1n) is 6.95. The fourth-order valence-electron chi connectivity index (χ4n) is 3.01. The van der Waals surface area contributed by atoms with E-state index in [2.05, 4.69) is 0 Å². The molecule has 1 saturated heterocycles. The van der Waals surface area contributed by atoms with Crippen molar-refractivity contribution in [3.63, 3.8) is 0 Å². The van der Waals surface area contributed by atoms with Gasteiger partial charge in [-0.3, -0.25) is 9.59 Å². The molecule has 118 valence electrons. The maximum absolute atomic E-state index is 12.3. The Labute approximate surface area is 126 Å². The molecule has 3 unspecified atom stereocenters. The molecule has 2 aliphatic rings. The number of hydrogen-bond acceptors (Lipinski definition) is 7. The van der Waals surface area contributed by atoms with Gasteiger partial charge in [0.1, 0.15) is 23.2 Å². The molecule has 0 aromatic heterocycles. The lowest BCUT2D eigenvalue weighted by molar-refractivity contribution is -0.137. The summed E-state index contributed by atoms with van der Waals surface area (Å²) in [6.07, 6.45) is -1.53. The normalized spacial score (nSPS) is 28.7. The van der Waals surface area contributed by atoms with Crippen LogP contribution in [-0.2, 0) is 9.53 Å². The molecule has 3 atom stereocenters. The molecule has 2 aliphatic heterocycles. The van der Waals surface area contributed by atoms with E-state index in [4.69, 9.17) is 9.47 Å². The second kappa shape index (κ2) is 5.26. The Kier molecular flexibility index (Phi) is 3.54. The van der Waals surface area contributed by atoms with Crippen molar-refractivity contribution in [2.75, 3.05) is 13.2 Å². The van der Waals surface area contributed by atoms with Crippen LogP contribution in [0.2, 0.25) is 0 Å². The molecule has 0 saturated carbocycles. The highest BCUT2D eigenvalue weighted by Gasteiger charge is 2.51. The van der Waals surface area contributed by atoms with E-state index >= 15 is 0 Å². The summed E-state index contributed by atoms with van der Waals surface area (Å²) in [7, 11) is 0. The molecular formula is C15H16O7. The molecule has 0 spiro atoms. The minimum Gasteiger partial charge on any atom is -0.507 e. The summed E-state index contributed by atoms with van der Waals surface area (Å²) in [4.78, 5) is 23.5. The monoisotopic (exact) mass is 308 g/mol. The zero-order valence-corrected chi connectivity index (χ0v) is 11.7. The molecule has 0 aliphatic carbocycles. The van der Waals surface area contributed by atoms with Crippen LogP contribution in [0.5, 0.6) is 11.5 Å². The molecule has 7 heteroatoms. The van der Waals surface area contributed by atoms with Crippen molar-refractivity contribution in [1.82, 2.24) is 0 Å². The predicted octanol–water partition coefficient (Wildman–Crippen LogP) is 0.0125. The van der Waals surface area contributed by atoms with Gasteiger partial charge in [0, 0.05) is 5.92 Å². The van der Waals surface area contributed by atoms with Gasteiger partial charge in [0.15, 0.2) is 11.4 Å². The number of cyclic esters (lactones) is 1. The van der Waals surface area contributed by atoms with Crippen molar-refractivity contribution in [1.29, 1.82) is 0 Å². The minimum absolute atomic E-state index is 0.00731. The largest absolute Gasteiger partial charge is 0.507 e. The molecule has 0 bridgehead atoms. The van der Waals surface area contributed by atoms with Gasteiger partial charge in [0.05, 0.1) is 26.1 Å². The molecule has 0 radical (unpaired) electrons. The van der Waals surface area contributed by atoms with Gasteiger partial charge in [0.2, 0.25) is 0 Å². The van der Waals surface area contributed by atoms with Gasteiger partial charge in [-0.15, -0.1) is 0 Å². The lowest BCUT2D eigenvalue weighted by Crippen LogP contribution is -2.57. The van der Waals surface area contributed by atoms with Crippen molar-refractivity contribution in [3.05, 3.63) is 23.8 Å². The van der Waals surface area contributed by atoms with Crippen LogP contribution in [0, 0.1) is 5.92 Å². The summed E-state index contributed by atoms with van der Waals surface area (Å²) < 4.78 is 10.5. The van der Waals surface area contributed by atoms with E-state index in [0.29, 0.717) is 0 Å². The molecule has 7 nitrogen and oxygen atoms in total. The van der Waals surface area contributed by atoms with Gasteiger partial charge in [-0.1, -0.05) is 6.07 Å². The predicted molar refractivity (Wildman–Crippen MR) is 72.6 cm³/mol. The number of aromatic hydroxyl groups is 1. The molecule has 1 fully saturated rings. The number of phenolic OH excluding ortho intramolecular Hbond substituents is 1. The Morgan fingerprint density at radius 1 is 1.36 bits per heavy atom. The van der Waals surface area contributed by atoms with Crippen molar-refractivity contribution in [2.24, 2.45) is 5.92 Å². The van der Waals surface area contributed by atoms with Gasteiger partial charge < -0.3 is 24.8 Å². The molecular weight excluding hydrogens is 292 g/mol. The molecule has 2 heterocycles. The van der Waals surface area contributed by atoms with E-state index in [0.717, 1.165) is 0 Å². The third-order valence-electron chi connectivity index (χ3n) is 4.20. The molecule has 3 N–H and O–H groups in total. The Morgan fingerprint density at radius 3 is 2.77 bits per heavy atom. The van der Waals surface area contributed by atoms with Gasteiger partial charge in [-0.05, 0) is 12.1 Å². The van der Waals surface area contributed by atoms with Crippen LogP contribution in [0.25, 0.3) is 0 Å². The highest BCUT2D eigenvalue weighted by molar-refractivity contribution is 6.02. The summed E-state index contributed by atoms with van der Waals surface area (Å²) in [6.45, 7) is -0.577. The Bertz CT molecular complexity index is 626. The van der Waals surface area contributed by atoms with E-state index < -0.39 is 36.0 Å². The zero-order valence-electron chi connectivity index (χ0n) is 11.7.